The molecule has 1 aromatic rings. The predicted molar refractivity (Wildman–Crippen MR) is 81.7 cm³/mol. The van der Waals surface area contributed by atoms with Crippen LogP contribution in [0, 0.1) is 17.8 Å². The van der Waals surface area contributed by atoms with Gasteiger partial charge in [0, 0.05) is 17.8 Å². The molecule has 0 aromatic heterocycles. The predicted octanol–water partition coefficient (Wildman–Crippen LogP) is 3.39. The van der Waals surface area contributed by atoms with Crippen molar-refractivity contribution in [2.75, 3.05) is 5.88 Å². The number of amides is 1. The Balaban J connectivity index is 1.56. The number of carbonyl (C=O) groups excluding carboxylic acids is 1. The molecule has 0 heterocycles. The summed E-state index contributed by atoms with van der Waals surface area (Å²) >= 11 is 6.03. The van der Waals surface area contributed by atoms with E-state index in [0.717, 1.165) is 18.8 Å². The summed E-state index contributed by atoms with van der Waals surface area (Å²) in [6.07, 6.45) is 5.75. The Morgan fingerprint density at radius 3 is 2.65 bits per heavy atom. The van der Waals surface area contributed by atoms with Gasteiger partial charge in [-0.15, -0.1) is 11.6 Å². The third kappa shape index (κ3) is 3.01. The van der Waals surface area contributed by atoms with E-state index in [1.807, 2.05) is 18.2 Å². The number of hydrogen-bond donors (Lipinski definition) is 1. The zero-order chi connectivity index (χ0) is 13.9. The SMILES string of the molecule is O=C(NC(CCl)Cc1ccccc1)C1CC2CCC1C2. The van der Waals surface area contributed by atoms with Crippen LogP contribution in [0.3, 0.4) is 0 Å². The van der Waals surface area contributed by atoms with E-state index in [4.69, 9.17) is 11.6 Å². The van der Waals surface area contributed by atoms with Gasteiger partial charge in [-0.25, -0.2) is 0 Å². The third-order valence-corrected chi connectivity index (χ3v) is 5.30. The van der Waals surface area contributed by atoms with E-state index in [9.17, 15) is 4.79 Å². The number of hydrogen-bond acceptors (Lipinski definition) is 1. The van der Waals surface area contributed by atoms with Gasteiger partial charge >= 0.3 is 0 Å². The van der Waals surface area contributed by atoms with E-state index >= 15 is 0 Å². The molecule has 2 fully saturated rings. The number of alkyl halides is 1. The molecule has 20 heavy (non-hydrogen) atoms. The van der Waals surface area contributed by atoms with Crippen LogP contribution in [-0.2, 0) is 11.2 Å². The molecular formula is C17H22ClNO. The standard InChI is InChI=1S/C17H22ClNO/c18-11-15(9-12-4-2-1-3-5-12)19-17(20)16-10-13-6-7-14(16)8-13/h1-5,13-16H,6-11H2,(H,19,20). The number of benzene rings is 1. The van der Waals surface area contributed by atoms with Crippen molar-refractivity contribution < 1.29 is 4.79 Å². The fourth-order valence-corrected chi connectivity index (χ4v) is 4.10. The van der Waals surface area contributed by atoms with Crippen molar-refractivity contribution in [2.24, 2.45) is 17.8 Å². The lowest BCUT2D eigenvalue weighted by atomic mass is 9.88. The van der Waals surface area contributed by atoms with Crippen molar-refractivity contribution in [3.8, 4) is 0 Å². The highest BCUT2D eigenvalue weighted by molar-refractivity contribution is 6.18. The molecule has 0 radical (unpaired) electrons. The van der Waals surface area contributed by atoms with Gasteiger partial charge in [0.1, 0.15) is 0 Å². The second kappa shape index (κ2) is 6.17. The molecule has 3 rings (SSSR count). The van der Waals surface area contributed by atoms with Gasteiger partial charge in [0.15, 0.2) is 0 Å². The lowest BCUT2D eigenvalue weighted by Gasteiger charge is -2.24. The van der Waals surface area contributed by atoms with Crippen LogP contribution in [0.4, 0.5) is 0 Å². The number of fused-ring (bicyclic) bond motifs is 2. The van der Waals surface area contributed by atoms with Crippen molar-refractivity contribution in [3.05, 3.63) is 35.9 Å². The summed E-state index contributed by atoms with van der Waals surface area (Å²) in [6.45, 7) is 0. The topological polar surface area (TPSA) is 29.1 Å². The maximum absolute atomic E-state index is 12.4. The molecule has 0 saturated heterocycles. The highest BCUT2D eigenvalue weighted by Gasteiger charge is 2.43. The molecule has 1 aromatic carbocycles. The molecule has 3 heteroatoms. The van der Waals surface area contributed by atoms with Gasteiger partial charge < -0.3 is 5.32 Å². The number of carbonyl (C=O) groups is 1. The minimum absolute atomic E-state index is 0.0469. The van der Waals surface area contributed by atoms with Crippen LogP contribution in [0.1, 0.15) is 31.2 Å². The first-order valence-electron chi connectivity index (χ1n) is 7.66. The summed E-state index contributed by atoms with van der Waals surface area (Å²) in [7, 11) is 0. The lowest BCUT2D eigenvalue weighted by molar-refractivity contribution is -0.127. The molecule has 2 saturated carbocycles. The maximum atomic E-state index is 12.4. The molecule has 0 spiro atoms. The first kappa shape index (κ1) is 13.9. The molecule has 4 unspecified atom stereocenters. The van der Waals surface area contributed by atoms with Crippen LogP contribution in [0.25, 0.3) is 0 Å². The van der Waals surface area contributed by atoms with Crippen LogP contribution in [0.15, 0.2) is 30.3 Å². The summed E-state index contributed by atoms with van der Waals surface area (Å²) in [5.41, 5.74) is 1.23. The minimum Gasteiger partial charge on any atom is -0.352 e. The molecule has 0 aliphatic heterocycles. The Morgan fingerprint density at radius 1 is 1.25 bits per heavy atom. The number of rotatable bonds is 5. The van der Waals surface area contributed by atoms with E-state index < -0.39 is 0 Å². The van der Waals surface area contributed by atoms with Crippen LogP contribution in [0.2, 0.25) is 0 Å². The molecule has 2 bridgehead atoms. The van der Waals surface area contributed by atoms with Gasteiger partial charge in [0.05, 0.1) is 0 Å². The van der Waals surface area contributed by atoms with Gasteiger partial charge in [-0.1, -0.05) is 36.8 Å². The summed E-state index contributed by atoms with van der Waals surface area (Å²) in [6, 6.07) is 10.3. The summed E-state index contributed by atoms with van der Waals surface area (Å²) in [5.74, 6) is 2.39. The quantitative estimate of drug-likeness (QED) is 0.828. The summed E-state index contributed by atoms with van der Waals surface area (Å²) in [4.78, 5) is 12.4. The maximum Gasteiger partial charge on any atom is 0.223 e. The third-order valence-electron chi connectivity index (χ3n) is 4.93. The average Bonchev–Trinajstić information content (AvgIpc) is 3.10. The van der Waals surface area contributed by atoms with Crippen LogP contribution >= 0.6 is 11.6 Å². The van der Waals surface area contributed by atoms with Crippen molar-refractivity contribution in [1.82, 2.24) is 5.32 Å². The van der Waals surface area contributed by atoms with Crippen molar-refractivity contribution in [1.29, 1.82) is 0 Å². The van der Waals surface area contributed by atoms with E-state index in [-0.39, 0.29) is 17.9 Å². The van der Waals surface area contributed by atoms with Crippen LogP contribution in [0.5, 0.6) is 0 Å². The van der Waals surface area contributed by atoms with Crippen LogP contribution in [-0.4, -0.2) is 17.8 Å². The fraction of sp³-hybridized carbons (Fsp3) is 0.588. The molecule has 108 valence electrons. The van der Waals surface area contributed by atoms with Crippen LogP contribution < -0.4 is 5.32 Å². The molecule has 2 aliphatic carbocycles. The second-order valence-electron chi connectivity index (χ2n) is 6.33. The lowest BCUT2D eigenvalue weighted by Crippen LogP contribution is -2.42. The van der Waals surface area contributed by atoms with E-state index in [2.05, 4.69) is 17.4 Å². The Labute approximate surface area is 125 Å². The van der Waals surface area contributed by atoms with Gasteiger partial charge in [-0.05, 0) is 43.1 Å². The van der Waals surface area contributed by atoms with Gasteiger partial charge in [-0.2, -0.15) is 0 Å². The van der Waals surface area contributed by atoms with Crippen molar-refractivity contribution >= 4 is 17.5 Å². The smallest absolute Gasteiger partial charge is 0.223 e. The normalized spacial score (nSPS) is 29.4. The zero-order valence-electron chi connectivity index (χ0n) is 11.7. The molecular weight excluding hydrogens is 270 g/mol. The van der Waals surface area contributed by atoms with Gasteiger partial charge in [0.2, 0.25) is 5.91 Å². The molecule has 4 atom stereocenters. The summed E-state index contributed by atoms with van der Waals surface area (Å²) < 4.78 is 0. The fourth-order valence-electron chi connectivity index (χ4n) is 3.92. The average molecular weight is 292 g/mol. The molecule has 2 nitrogen and oxygen atoms in total. The first-order chi connectivity index (χ1) is 9.76. The number of halogens is 1. The van der Waals surface area contributed by atoms with Gasteiger partial charge in [0.25, 0.3) is 0 Å². The first-order valence-corrected chi connectivity index (χ1v) is 8.20. The van der Waals surface area contributed by atoms with Crippen molar-refractivity contribution in [3.63, 3.8) is 0 Å². The molecule has 1 N–H and O–H groups in total. The molecule has 1 amide bonds. The summed E-state index contributed by atoms with van der Waals surface area (Å²) in [5, 5.41) is 3.17. The highest BCUT2D eigenvalue weighted by Crippen LogP contribution is 2.48. The van der Waals surface area contributed by atoms with E-state index in [1.54, 1.807) is 0 Å². The zero-order valence-corrected chi connectivity index (χ0v) is 12.5. The monoisotopic (exact) mass is 291 g/mol. The second-order valence-corrected chi connectivity index (χ2v) is 6.64. The largest absolute Gasteiger partial charge is 0.352 e. The van der Waals surface area contributed by atoms with Crippen molar-refractivity contribution in [2.45, 2.75) is 38.1 Å². The van der Waals surface area contributed by atoms with Gasteiger partial charge in [-0.3, -0.25) is 4.79 Å². The minimum atomic E-state index is 0.0469. The van der Waals surface area contributed by atoms with E-state index in [1.165, 1.54) is 24.8 Å². The Bertz CT molecular complexity index is 461. The van der Waals surface area contributed by atoms with E-state index in [0.29, 0.717) is 11.8 Å². The Hall–Kier alpha value is -1.02. The Kier molecular flexibility index (Phi) is 4.30. The Morgan fingerprint density at radius 2 is 2.05 bits per heavy atom. The number of nitrogens with one attached hydrogen (secondary N) is 1. The highest BCUT2D eigenvalue weighted by atomic mass is 35.5. The molecule has 2 aliphatic rings.